The van der Waals surface area contributed by atoms with E-state index in [0.29, 0.717) is 19.6 Å². The molecule has 0 spiro atoms. The topological polar surface area (TPSA) is 87.7 Å². The molecule has 1 saturated heterocycles. The maximum atomic E-state index is 12.3. The van der Waals surface area contributed by atoms with Crippen LogP contribution in [0.25, 0.3) is 0 Å². The van der Waals surface area contributed by atoms with Gasteiger partial charge in [0.1, 0.15) is 0 Å². The lowest BCUT2D eigenvalue weighted by molar-refractivity contribution is -0.138. The fourth-order valence-corrected chi connectivity index (χ4v) is 2.53. The molecule has 1 amide bonds. The molecule has 1 aliphatic heterocycles. The number of hydrogen-bond acceptors (Lipinski definition) is 4. The van der Waals surface area contributed by atoms with E-state index in [2.05, 4.69) is 10.6 Å². The minimum atomic E-state index is -0.896. The fourth-order valence-electron chi connectivity index (χ4n) is 2.53. The Morgan fingerprint density at radius 3 is 2.50 bits per heavy atom. The van der Waals surface area contributed by atoms with Gasteiger partial charge in [-0.2, -0.15) is 0 Å². The number of carboxylic acid groups (broad SMARTS) is 1. The lowest BCUT2D eigenvalue weighted by Crippen LogP contribution is -2.47. The number of amides is 1. The van der Waals surface area contributed by atoms with Crippen molar-refractivity contribution in [2.24, 2.45) is 11.3 Å². The molecule has 3 atom stereocenters. The van der Waals surface area contributed by atoms with Gasteiger partial charge in [0.25, 0.3) is 0 Å². The molecule has 1 heterocycles. The highest BCUT2D eigenvalue weighted by Crippen LogP contribution is 2.23. The lowest BCUT2D eigenvalue weighted by atomic mass is 9.86. The monoisotopic (exact) mass is 286 g/mol. The summed E-state index contributed by atoms with van der Waals surface area (Å²) >= 11 is 0. The molecule has 3 N–H and O–H groups in total. The zero-order valence-electron chi connectivity index (χ0n) is 12.7. The Bertz CT molecular complexity index is 352. The summed E-state index contributed by atoms with van der Waals surface area (Å²) in [6, 6.07) is -0.353. The summed E-state index contributed by atoms with van der Waals surface area (Å²) in [5.41, 5.74) is -0.0397. The molecule has 0 saturated carbocycles. The Morgan fingerprint density at radius 1 is 1.35 bits per heavy atom. The van der Waals surface area contributed by atoms with Gasteiger partial charge in [0.2, 0.25) is 5.91 Å². The first-order chi connectivity index (χ1) is 9.23. The Kier molecular flexibility index (Phi) is 5.95. The second-order valence-electron chi connectivity index (χ2n) is 6.61. The van der Waals surface area contributed by atoms with Crippen LogP contribution in [0.3, 0.4) is 0 Å². The van der Waals surface area contributed by atoms with Crippen LogP contribution in [0.1, 0.15) is 33.6 Å². The first kappa shape index (κ1) is 16.9. The second kappa shape index (κ2) is 7.04. The standard InChI is InChI=1S/C14H26N2O4/c1-14(2,3)6-9(5-12(17)18)16-13(19)10-7-20-8-11(10)15-4/h9-11,15H,5-8H2,1-4H3,(H,16,19)(H,17,18). The van der Waals surface area contributed by atoms with E-state index < -0.39 is 5.97 Å². The van der Waals surface area contributed by atoms with Gasteiger partial charge in [0.15, 0.2) is 0 Å². The predicted octanol–water partition coefficient (Wildman–Crippen LogP) is 0.616. The zero-order chi connectivity index (χ0) is 15.3. The molecule has 1 fully saturated rings. The van der Waals surface area contributed by atoms with Crippen molar-refractivity contribution in [2.75, 3.05) is 20.3 Å². The average molecular weight is 286 g/mol. The van der Waals surface area contributed by atoms with Crippen molar-refractivity contribution in [2.45, 2.75) is 45.7 Å². The zero-order valence-corrected chi connectivity index (χ0v) is 12.7. The third-order valence-electron chi connectivity index (χ3n) is 3.41. The van der Waals surface area contributed by atoms with E-state index in [1.54, 1.807) is 7.05 Å². The second-order valence-corrected chi connectivity index (χ2v) is 6.61. The summed E-state index contributed by atoms with van der Waals surface area (Å²) in [6.45, 7) is 6.99. The molecule has 0 aromatic rings. The van der Waals surface area contributed by atoms with E-state index in [-0.39, 0.29) is 35.7 Å². The van der Waals surface area contributed by atoms with Crippen LogP contribution in [0.5, 0.6) is 0 Å². The number of hydrogen-bond donors (Lipinski definition) is 3. The molecule has 0 radical (unpaired) electrons. The summed E-state index contributed by atoms with van der Waals surface area (Å²) in [7, 11) is 1.80. The molecule has 20 heavy (non-hydrogen) atoms. The van der Waals surface area contributed by atoms with E-state index in [0.717, 1.165) is 0 Å². The third kappa shape index (κ3) is 5.46. The summed E-state index contributed by atoms with van der Waals surface area (Å²) in [5.74, 6) is -1.28. The highest BCUT2D eigenvalue weighted by Gasteiger charge is 2.34. The van der Waals surface area contributed by atoms with E-state index in [1.807, 2.05) is 20.8 Å². The molecule has 3 unspecified atom stereocenters. The van der Waals surface area contributed by atoms with Crippen LogP contribution in [0.4, 0.5) is 0 Å². The number of rotatable bonds is 6. The Balaban J connectivity index is 2.63. The normalized spacial score (nSPS) is 24.4. The van der Waals surface area contributed by atoms with Gasteiger partial charge in [-0.3, -0.25) is 9.59 Å². The molecule has 1 rings (SSSR count). The average Bonchev–Trinajstić information content (AvgIpc) is 2.73. The number of ether oxygens (including phenoxy) is 1. The highest BCUT2D eigenvalue weighted by atomic mass is 16.5. The molecule has 1 aliphatic rings. The van der Waals surface area contributed by atoms with Gasteiger partial charge in [-0.05, 0) is 18.9 Å². The largest absolute Gasteiger partial charge is 0.481 e. The summed E-state index contributed by atoms with van der Waals surface area (Å²) in [5, 5.41) is 14.9. The predicted molar refractivity (Wildman–Crippen MR) is 75.4 cm³/mol. The quantitative estimate of drug-likeness (QED) is 0.666. The first-order valence-corrected chi connectivity index (χ1v) is 7.00. The first-order valence-electron chi connectivity index (χ1n) is 7.00. The van der Waals surface area contributed by atoms with Gasteiger partial charge in [-0.25, -0.2) is 0 Å². The van der Waals surface area contributed by atoms with E-state index in [9.17, 15) is 9.59 Å². The lowest BCUT2D eigenvalue weighted by Gasteiger charge is -2.27. The molecule has 0 aliphatic carbocycles. The van der Waals surface area contributed by atoms with Crippen molar-refractivity contribution in [1.29, 1.82) is 0 Å². The summed E-state index contributed by atoms with van der Waals surface area (Å²) in [6.07, 6.45) is 0.573. The Hall–Kier alpha value is -1.14. The summed E-state index contributed by atoms with van der Waals surface area (Å²) < 4.78 is 5.31. The molecule has 116 valence electrons. The molecule has 0 aromatic carbocycles. The van der Waals surface area contributed by atoms with E-state index >= 15 is 0 Å². The third-order valence-corrected chi connectivity index (χ3v) is 3.41. The van der Waals surface area contributed by atoms with Gasteiger partial charge < -0.3 is 20.5 Å². The molecular weight excluding hydrogens is 260 g/mol. The van der Waals surface area contributed by atoms with Crippen LogP contribution < -0.4 is 10.6 Å². The highest BCUT2D eigenvalue weighted by molar-refractivity contribution is 5.81. The van der Waals surface area contributed by atoms with Crippen molar-refractivity contribution in [1.82, 2.24) is 10.6 Å². The molecule has 6 nitrogen and oxygen atoms in total. The fraction of sp³-hybridized carbons (Fsp3) is 0.857. The van der Waals surface area contributed by atoms with Crippen molar-refractivity contribution in [3.63, 3.8) is 0 Å². The number of carbonyl (C=O) groups excluding carboxylic acids is 1. The Labute approximate surface area is 120 Å². The minimum absolute atomic E-state index is 0.00452. The van der Waals surface area contributed by atoms with Crippen molar-refractivity contribution >= 4 is 11.9 Å². The van der Waals surface area contributed by atoms with Gasteiger partial charge >= 0.3 is 5.97 Å². The van der Waals surface area contributed by atoms with Crippen LogP contribution >= 0.6 is 0 Å². The van der Waals surface area contributed by atoms with Crippen molar-refractivity contribution in [3.05, 3.63) is 0 Å². The van der Waals surface area contributed by atoms with Crippen molar-refractivity contribution in [3.8, 4) is 0 Å². The molecule has 6 heteroatoms. The molecule has 0 bridgehead atoms. The smallest absolute Gasteiger partial charge is 0.305 e. The maximum absolute atomic E-state index is 12.3. The van der Waals surface area contributed by atoms with E-state index in [1.165, 1.54) is 0 Å². The number of nitrogens with one attached hydrogen (secondary N) is 2. The number of carboxylic acids is 1. The van der Waals surface area contributed by atoms with Crippen LogP contribution in [0.2, 0.25) is 0 Å². The number of carbonyl (C=O) groups is 2. The van der Waals surface area contributed by atoms with Crippen molar-refractivity contribution < 1.29 is 19.4 Å². The van der Waals surface area contributed by atoms with Crippen LogP contribution in [0.15, 0.2) is 0 Å². The summed E-state index contributed by atoms with van der Waals surface area (Å²) in [4.78, 5) is 23.2. The van der Waals surface area contributed by atoms with E-state index in [4.69, 9.17) is 9.84 Å². The van der Waals surface area contributed by atoms with Crippen LogP contribution in [-0.2, 0) is 14.3 Å². The Morgan fingerprint density at radius 2 is 2.00 bits per heavy atom. The van der Waals surface area contributed by atoms with Gasteiger partial charge in [0.05, 0.1) is 25.6 Å². The van der Waals surface area contributed by atoms with Crippen LogP contribution in [-0.4, -0.2) is 49.3 Å². The van der Waals surface area contributed by atoms with Gasteiger partial charge in [-0.1, -0.05) is 20.8 Å². The maximum Gasteiger partial charge on any atom is 0.305 e. The number of likely N-dealkylation sites (N-methyl/N-ethyl adjacent to an activating group) is 1. The number of aliphatic carboxylic acids is 1. The minimum Gasteiger partial charge on any atom is -0.481 e. The van der Waals surface area contributed by atoms with Crippen LogP contribution in [0, 0.1) is 11.3 Å². The molecular formula is C14H26N2O4. The van der Waals surface area contributed by atoms with Gasteiger partial charge in [-0.15, -0.1) is 0 Å². The van der Waals surface area contributed by atoms with Gasteiger partial charge in [0, 0.05) is 12.1 Å². The SMILES string of the molecule is CNC1COCC1C(=O)NC(CC(=O)O)CC(C)(C)C. The molecule has 0 aromatic heterocycles.